The molecule has 3 aromatic heterocycles. The van der Waals surface area contributed by atoms with E-state index in [1.165, 1.54) is 18.4 Å². The number of fused-ring (bicyclic) bond motifs is 1. The lowest BCUT2D eigenvalue weighted by molar-refractivity contribution is 0.386. The molecule has 1 aliphatic heterocycles. The number of hydrogen-bond donors (Lipinski definition) is 3. The number of pyridine rings is 1. The van der Waals surface area contributed by atoms with Gasteiger partial charge < -0.3 is 16.4 Å². The number of aromatic nitrogens is 4. The second-order valence-corrected chi connectivity index (χ2v) is 7.69. The number of anilines is 1. The van der Waals surface area contributed by atoms with Gasteiger partial charge in [0.2, 0.25) is 0 Å². The van der Waals surface area contributed by atoms with E-state index in [9.17, 15) is 0 Å². The molecule has 5 rings (SSSR count). The minimum atomic E-state index is 0.428. The number of nitrogen functional groups attached to an aromatic ring is 1. The van der Waals surface area contributed by atoms with E-state index in [1.54, 1.807) is 10.7 Å². The smallest absolute Gasteiger partial charge is 0.166 e. The van der Waals surface area contributed by atoms with Crippen LogP contribution in [0.25, 0.3) is 28.0 Å². The summed E-state index contributed by atoms with van der Waals surface area (Å²) in [6.45, 7) is 3.10. The molecule has 0 aliphatic carbocycles. The SMILES string of the molecule is Nc1nn2cc(-c3ccc(CNC4CCNCC4)cc3)cnc2c1-c1ccccn1. The molecule has 4 aromatic rings. The number of benzene rings is 1. The average Bonchev–Trinajstić information content (AvgIpc) is 3.14. The van der Waals surface area contributed by atoms with Crippen molar-refractivity contribution < 1.29 is 0 Å². The maximum absolute atomic E-state index is 6.17. The number of hydrogen-bond acceptors (Lipinski definition) is 6. The Morgan fingerprint density at radius 3 is 2.63 bits per heavy atom. The summed E-state index contributed by atoms with van der Waals surface area (Å²) in [7, 11) is 0. The van der Waals surface area contributed by atoms with Crippen molar-refractivity contribution in [1.82, 2.24) is 30.2 Å². The Morgan fingerprint density at radius 1 is 1.03 bits per heavy atom. The zero-order valence-electron chi connectivity index (χ0n) is 16.8. The van der Waals surface area contributed by atoms with Gasteiger partial charge in [0.25, 0.3) is 0 Å². The molecule has 0 saturated carbocycles. The van der Waals surface area contributed by atoms with E-state index in [0.29, 0.717) is 17.5 Å². The van der Waals surface area contributed by atoms with E-state index in [2.05, 4.69) is 50.0 Å². The van der Waals surface area contributed by atoms with Crippen molar-refractivity contribution in [3.8, 4) is 22.4 Å². The molecule has 0 unspecified atom stereocenters. The van der Waals surface area contributed by atoms with Gasteiger partial charge in [-0.05, 0) is 49.2 Å². The molecule has 1 aromatic carbocycles. The average molecular weight is 400 g/mol. The van der Waals surface area contributed by atoms with Gasteiger partial charge in [-0.1, -0.05) is 30.3 Å². The Morgan fingerprint density at radius 2 is 1.87 bits per heavy atom. The van der Waals surface area contributed by atoms with Crippen LogP contribution in [0.2, 0.25) is 0 Å². The normalized spacial score (nSPS) is 14.9. The summed E-state index contributed by atoms with van der Waals surface area (Å²) in [5.41, 5.74) is 11.8. The number of nitrogens with two attached hydrogens (primary N) is 1. The first-order chi connectivity index (χ1) is 14.8. The number of nitrogens with one attached hydrogen (secondary N) is 2. The molecule has 0 atom stereocenters. The summed E-state index contributed by atoms with van der Waals surface area (Å²) < 4.78 is 1.74. The fourth-order valence-corrected chi connectivity index (χ4v) is 3.96. The van der Waals surface area contributed by atoms with Crippen molar-refractivity contribution >= 4 is 11.5 Å². The molecule has 1 aliphatic rings. The lowest BCUT2D eigenvalue weighted by Gasteiger charge is -2.23. The highest BCUT2D eigenvalue weighted by atomic mass is 15.3. The molecule has 1 saturated heterocycles. The van der Waals surface area contributed by atoms with Crippen LogP contribution in [-0.2, 0) is 6.54 Å². The molecule has 30 heavy (non-hydrogen) atoms. The van der Waals surface area contributed by atoms with E-state index in [1.807, 2.05) is 30.6 Å². The molecule has 0 spiro atoms. The quantitative estimate of drug-likeness (QED) is 0.478. The Balaban J connectivity index is 1.36. The Hall–Kier alpha value is -3.29. The van der Waals surface area contributed by atoms with Gasteiger partial charge in [-0.15, -0.1) is 5.10 Å². The molecule has 7 nitrogen and oxygen atoms in total. The Bertz CT molecular complexity index is 1130. The third-order valence-corrected chi connectivity index (χ3v) is 5.64. The molecular formula is C23H25N7. The van der Waals surface area contributed by atoms with Gasteiger partial charge in [0.15, 0.2) is 11.5 Å². The highest BCUT2D eigenvalue weighted by Gasteiger charge is 2.15. The van der Waals surface area contributed by atoms with Crippen molar-refractivity contribution in [1.29, 1.82) is 0 Å². The molecule has 4 heterocycles. The number of piperidine rings is 1. The van der Waals surface area contributed by atoms with Gasteiger partial charge in [0, 0.05) is 36.7 Å². The van der Waals surface area contributed by atoms with Crippen LogP contribution in [0, 0.1) is 0 Å². The standard InChI is InChI=1S/C23H25N7/c24-22-21(20-3-1-2-10-26-20)23-28-14-18(15-30(23)29-22)17-6-4-16(5-7-17)13-27-19-8-11-25-12-9-19/h1-7,10,14-15,19,25,27H,8-9,11-13H2,(H2,24,29). The maximum Gasteiger partial charge on any atom is 0.166 e. The van der Waals surface area contributed by atoms with Crippen LogP contribution in [0.3, 0.4) is 0 Å². The van der Waals surface area contributed by atoms with Crippen LogP contribution >= 0.6 is 0 Å². The van der Waals surface area contributed by atoms with E-state index < -0.39 is 0 Å². The van der Waals surface area contributed by atoms with Crippen molar-refractivity contribution in [2.24, 2.45) is 0 Å². The van der Waals surface area contributed by atoms with Crippen LogP contribution in [0.5, 0.6) is 0 Å². The zero-order valence-corrected chi connectivity index (χ0v) is 16.8. The topological polar surface area (TPSA) is 93.2 Å². The molecule has 1 fully saturated rings. The minimum absolute atomic E-state index is 0.428. The monoisotopic (exact) mass is 399 g/mol. The van der Waals surface area contributed by atoms with Crippen LogP contribution in [0.4, 0.5) is 5.82 Å². The number of nitrogens with zero attached hydrogens (tertiary/aromatic N) is 4. The summed E-state index contributed by atoms with van der Waals surface area (Å²) in [5, 5.41) is 11.5. The summed E-state index contributed by atoms with van der Waals surface area (Å²) in [6.07, 6.45) is 7.96. The van der Waals surface area contributed by atoms with Gasteiger partial charge in [-0.3, -0.25) is 4.98 Å². The first-order valence-electron chi connectivity index (χ1n) is 10.4. The van der Waals surface area contributed by atoms with Gasteiger partial charge in [-0.25, -0.2) is 9.50 Å². The first-order valence-corrected chi connectivity index (χ1v) is 10.4. The molecule has 0 bridgehead atoms. The molecule has 152 valence electrons. The van der Waals surface area contributed by atoms with Crippen molar-refractivity contribution in [2.75, 3.05) is 18.8 Å². The second kappa shape index (κ2) is 8.22. The Labute approximate surface area is 175 Å². The lowest BCUT2D eigenvalue weighted by Crippen LogP contribution is -2.39. The van der Waals surface area contributed by atoms with Crippen LogP contribution in [0.1, 0.15) is 18.4 Å². The molecule has 7 heteroatoms. The van der Waals surface area contributed by atoms with Crippen LogP contribution in [0.15, 0.2) is 61.1 Å². The van der Waals surface area contributed by atoms with Gasteiger partial charge in [0.05, 0.1) is 11.3 Å². The van der Waals surface area contributed by atoms with E-state index in [-0.39, 0.29) is 0 Å². The van der Waals surface area contributed by atoms with Gasteiger partial charge in [-0.2, -0.15) is 0 Å². The van der Waals surface area contributed by atoms with E-state index >= 15 is 0 Å². The predicted octanol–water partition coefficient (Wildman–Crippen LogP) is 2.88. The first kappa shape index (κ1) is 18.7. The van der Waals surface area contributed by atoms with Gasteiger partial charge >= 0.3 is 0 Å². The van der Waals surface area contributed by atoms with Gasteiger partial charge in [0.1, 0.15) is 0 Å². The van der Waals surface area contributed by atoms with E-state index in [4.69, 9.17) is 5.73 Å². The minimum Gasteiger partial charge on any atom is -0.382 e. The Kier molecular flexibility index (Phi) is 5.13. The van der Waals surface area contributed by atoms with Crippen LogP contribution < -0.4 is 16.4 Å². The highest BCUT2D eigenvalue weighted by Crippen LogP contribution is 2.29. The maximum atomic E-state index is 6.17. The third kappa shape index (κ3) is 3.77. The largest absolute Gasteiger partial charge is 0.382 e. The highest BCUT2D eigenvalue weighted by molar-refractivity contribution is 5.84. The fraction of sp³-hybridized carbons (Fsp3) is 0.261. The number of rotatable bonds is 5. The van der Waals surface area contributed by atoms with Crippen LogP contribution in [-0.4, -0.2) is 38.7 Å². The predicted molar refractivity (Wildman–Crippen MR) is 119 cm³/mol. The molecule has 4 N–H and O–H groups in total. The summed E-state index contributed by atoms with van der Waals surface area (Å²) >= 11 is 0. The summed E-state index contributed by atoms with van der Waals surface area (Å²) in [6, 6.07) is 14.9. The molecule has 0 radical (unpaired) electrons. The van der Waals surface area contributed by atoms with Crippen molar-refractivity contribution in [3.05, 3.63) is 66.6 Å². The molecule has 0 amide bonds. The second-order valence-electron chi connectivity index (χ2n) is 7.69. The van der Waals surface area contributed by atoms with Crippen molar-refractivity contribution in [2.45, 2.75) is 25.4 Å². The molecular weight excluding hydrogens is 374 g/mol. The third-order valence-electron chi connectivity index (χ3n) is 5.64. The lowest BCUT2D eigenvalue weighted by atomic mass is 10.0. The summed E-state index contributed by atoms with van der Waals surface area (Å²) in [5.74, 6) is 0.428. The summed E-state index contributed by atoms with van der Waals surface area (Å²) in [4.78, 5) is 9.03. The van der Waals surface area contributed by atoms with E-state index in [0.717, 1.165) is 42.0 Å². The zero-order chi connectivity index (χ0) is 20.3. The fourth-order valence-electron chi connectivity index (χ4n) is 3.96. The van der Waals surface area contributed by atoms with Crippen molar-refractivity contribution in [3.63, 3.8) is 0 Å².